The van der Waals surface area contributed by atoms with Crippen LogP contribution in [-0.2, 0) is 9.22 Å². The number of allylic oxidation sites excluding steroid dienone is 3. The lowest BCUT2D eigenvalue weighted by molar-refractivity contribution is -0.131. The molecule has 0 aromatic heterocycles. The molecule has 2 saturated carbocycles. The molecule has 0 amide bonds. The van der Waals surface area contributed by atoms with Crippen molar-refractivity contribution in [3.8, 4) is 0 Å². The van der Waals surface area contributed by atoms with Gasteiger partial charge < -0.3 is 4.43 Å². The topological polar surface area (TPSA) is 26.3 Å². The molecule has 3 heteroatoms. The normalized spacial score (nSPS) is 43.2. The van der Waals surface area contributed by atoms with Gasteiger partial charge in [-0.1, -0.05) is 52.3 Å². The van der Waals surface area contributed by atoms with Crippen LogP contribution in [0.15, 0.2) is 23.8 Å². The van der Waals surface area contributed by atoms with Crippen molar-refractivity contribution in [2.45, 2.75) is 97.4 Å². The van der Waals surface area contributed by atoms with Gasteiger partial charge in [-0.25, -0.2) is 0 Å². The summed E-state index contributed by atoms with van der Waals surface area (Å²) in [5.41, 5.74) is 1.67. The van der Waals surface area contributed by atoms with Crippen LogP contribution in [0.2, 0.25) is 18.1 Å². The van der Waals surface area contributed by atoms with Crippen LogP contribution in [-0.4, -0.2) is 20.2 Å². The van der Waals surface area contributed by atoms with E-state index in [1.807, 2.05) is 6.08 Å². The molecule has 0 heterocycles. The highest BCUT2D eigenvalue weighted by Gasteiger charge is 2.60. The highest BCUT2D eigenvalue weighted by atomic mass is 28.4. The highest BCUT2D eigenvalue weighted by Crippen LogP contribution is 2.63. The zero-order valence-corrected chi connectivity index (χ0v) is 20.1. The quantitative estimate of drug-likeness (QED) is 0.381. The lowest BCUT2D eigenvalue weighted by Gasteiger charge is -2.59. The smallest absolute Gasteiger partial charge is 0.192 e. The molecule has 1 unspecified atom stereocenters. The second-order valence-corrected chi connectivity index (χ2v) is 16.7. The number of ketones is 1. The first kappa shape index (κ1) is 20.6. The fourth-order valence-corrected chi connectivity index (χ4v) is 8.11. The second-order valence-electron chi connectivity index (χ2n) is 12.0. The lowest BCUT2D eigenvalue weighted by atomic mass is 9.47. The molecule has 0 saturated heterocycles. The first-order valence-corrected chi connectivity index (χ1v) is 14.4. The number of rotatable bonds is 2. The number of hydrogen-bond donors (Lipinski definition) is 0. The van der Waals surface area contributed by atoms with Crippen LogP contribution in [0.4, 0.5) is 0 Å². The molecule has 4 aliphatic carbocycles. The van der Waals surface area contributed by atoms with Crippen molar-refractivity contribution in [1.82, 2.24) is 0 Å². The summed E-state index contributed by atoms with van der Waals surface area (Å²) in [4.78, 5) is 12.6. The van der Waals surface area contributed by atoms with Crippen molar-refractivity contribution in [3.63, 3.8) is 0 Å². The molecule has 0 bridgehead atoms. The van der Waals surface area contributed by atoms with Gasteiger partial charge in [0, 0.05) is 10.8 Å². The van der Waals surface area contributed by atoms with E-state index in [9.17, 15) is 4.79 Å². The predicted molar refractivity (Wildman–Crippen MR) is 119 cm³/mol. The molecule has 4 rings (SSSR count). The van der Waals surface area contributed by atoms with Gasteiger partial charge in [0.1, 0.15) is 0 Å². The van der Waals surface area contributed by atoms with Gasteiger partial charge in [0.05, 0.1) is 6.10 Å². The zero-order chi connectivity index (χ0) is 20.5. The van der Waals surface area contributed by atoms with Gasteiger partial charge in [-0.2, -0.15) is 0 Å². The Morgan fingerprint density at radius 2 is 1.89 bits per heavy atom. The summed E-state index contributed by atoms with van der Waals surface area (Å²) in [6.07, 6.45) is 14.1. The third-order valence-electron chi connectivity index (χ3n) is 9.63. The summed E-state index contributed by atoms with van der Waals surface area (Å²) in [5, 5.41) is 0.241. The molecular weight excluding hydrogens is 360 g/mol. The van der Waals surface area contributed by atoms with E-state index in [0.29, 0.717) is 29.6 Å². The van der Waals surface area contributed by atoms with E-state index in [0.717, 1.165) is 12.8 Å². The van der Waals surface area contributed by atoms with E-state index in [1.165, 1.54) is 25.7 Å². The summed E-state index contributed by atoms with van der Waals surface area (Å²) < 4.78 is 7.14. The minimum absolute atomic E-state index is 0.146. The predicted octanol–water partition coefficient (Wildman–Crippen LogP) is 6.68. The molecule has 6 atom stereocenters. The van der Waals surface area contributed by atoms with Crippen molar-refractivity contribution in [2.75, 3.05) is 0 Å². The number of carbonyl (C=O) groups is 1. The molecule has 156 valence electrons. The average Bonchev–Trinajstić information content (AvgIpc) is 2.90. The molecule has 2 nitrogen and oxygen atoms in total. The van der Waals surface area contributed by atoms with Gasteiger partial charge in [0.15, 0.2) is 14.1 Å². The van der Waals surface area contributed by atoms with E-state index < -0.39 is 8.32 Å². The molecule has 0 aliphatic heterocycles. The summed E-state index contributed by atoms with van der Waals surface area (Å²) in [6, 6.07) is 0. The van der Waals surface area contributed by atoms with Crippen LogP contribution in [0, 0.1) is 28.6 Å². The molecule has 0 aromatic carbocycles. The van der Waals surface area contributed by atoms with E-state index >= 15 is 0 Å². The minimum Gasteiger partial charge on any atom is -0.413 e. The zero-order valence-electron chi connectivity index (χ0n) is 19.1. The van der Waals surface area contributed by atoms with Crippen molar-refractivity contribution in [3.05, 3.63) is 23.8 Å². The first-order chi connectivity index (χ1) is 12.9. The van der Waals surface area contributed by atoms with Gasteiger partial charge in [-0.3, -0.25) is 4.79 Å². The third-order valence-corrected chi connectivity index (χ3v) is 14.1. The summed E-state index contributed by atoms with van der Waals surface area (Å²) in [6.45, 7) is 16.6. The van der Waals surface area contributed by atoms with Crippen LogP contribution in [0.25, 0.3) is 0 Å². The largest absolute Gasteiger partial charge is 0.413 e. The maximum absolute atomic E-state index is 12.6. The molecular formula is C25H40O2Si. The standard InChI is InChI=1S/C25H40O2Si/c1-23(2,3)28(6,7)27-22-10-8-9-17-11-12-18-19-13-14-21(26)24(19,4)16-15-20(18)25(17,22)5/h11,13-14,18-20,22H,8-10,12,15-16H2,1-7H3/t18-,19-,20-,22?,24-,25-/m0/s1. The maximum atomic E-state index is 12.6. The Morgan fingerprint density at radius 1 is 1.18 bits per heavy atom. The maximum Gasteiger partial charge on any atom is 0.192 e. The van der Waals surface area contributed by atoms with E-state index in [2.05, 4.69) is 59.9 Å². The Labute approximate surface area is 173 Å². The van der Waals surface area contributed by atoms with Gasteiger partial charge in [-0.05, 0) is 80.5 Å². The first-order valence-electron chi connectivity index (χ1n) is 11.5. The van der Waals surface area contributed by atoms with Crippen LogP contribution in [0.5, 0.6) is 0 Å². The van der Waals surface area contributed by atoms with Gasteiger partial charge >= 0.3 is 0 Å². The summed E-state index contributed by atoms with van der Waals surface area (Å²) in [7, 11) is -1.82. The van der Waals surface area contributed by atoms with Crippen LogP contribution in [0.3, 0.4) is 0 Å². The van der Waals surface area contributed by atoms with E-state index in [1.54, 1.807) is 5.57 Å². The molecule has 0 aromatic rings. The van der Waals surface area contributed by atoms with Crippen molar-refractivity contribution < 1.29 is 9.22 Å². The van der Waals surface area contributed by atoms with Gasteiger partial charge in [-0.15, -0.1) is 0 Å². The van der Waals surface area contributed by atoms with E-state index in [4.69, 9.17) is 4.43 Å². The second kappa shape index (κ2) is 6.41. The van der Waals surface area contributed by atoms with Crippen molar-refractivity contribution >= 4 is 14.1 Å². The molecule has 0 radical (unpaired) electrons. The van der Waals surface area contributed by atoms with E-state index in [-0.39, 0.29) is 15.9 Å². The molecule has 0 N–H and O–H groups in total. The summed E-state index contributed by atoms with van der Waals surface area (Å²) in [5.74, 6) is 2.03. The third kappa shape index (κ3) is 2.79. The van der Waals surface area contributed by atoms with Crippen LogP contribution >= 0.6 is 0 Å². The van der Waals surface area contributed by atoms with Gasteiger partial charge in [0.2, 0.25) is 0 Å². The SMILES string of the molecule is CC(C)(C)[Si](C)(C)OC1CCCC2=CC[C@H]3[C@@H]4C=CC(=O)[C@@]4(C)CC[C@@H]3[C@]21C. The van der Waals surface area contributed by atoms with Crippen LogP contribution in [0.1, 0.15) is 73.1 Å². The van der Waals surface area contributed by atoms with Crippen molar-refractivity contribution in [2.24, 2.45) is 28.6 Å². The Bertz CT molecular complexity index is 727. The molecule has 28 heavy (non-hydrogen) atoms. The van der Waals surface area contributed by atoms with Gasteiger partial charge in [0.25, 0.3) is 0 Å². The Kier molecular flexibility index (Phi) is 4.71. The fourth-order valence-electron chi connectivity index (χ4n) is 6.68. The number of carbonyl (C=O) groups excluding carboxylic acids is 1. The Balaban J connectivity index is 1.69. The number of hydrogen-bond acceptors (Lipinski definition) is 2. The monoisotopic (exact) mass is 400 g/mol. The average molecular weight is 401 g/mol. The molecule has 0 spiro atoms. The minimum atomic E-state index is -1.82. The van der Waals surface area contributed by atoms with Crippen molar-refractivity contribution in [1.29, 1.82) is 0 Å². The molecule has 2 fully saturated rings. The fraction of sp³-hybridized carbons (Fsp3) is 0.800. The molecule has 4 aliphatic rings. The van der Waals surface area contributed by atoms with Crippen LogP contribution < -0.4 is 0 Å². The number of fused-ring (bicyclic) bond motifs is 5. The Morgan fingerprint density at radius 3 is 2.57 bits per heavy atom. The highest BCUT2D eigenvalue weighted by molar-refractivity contribution is 6.74. The Hall–Kier alpha value is -0.673. The lowest BCUT2D eigenvalue weighted by Crippen LogP contribution is -2.57. The summed E-state index contributed by atoms with van der Waals surface area (Å²) >= 11 is 0.